The first kappa shape index (κ1) is 14.9. The number of nitrogens with zero attached hydrogens (tertiary/aromatic N) is 2. The summed E-state index contributed by atoms with van der Waals surface area (Å²) in [6, 6.07) is 2.25. The number of ketones is 1. The van der Waals surface area contributed by atoms with Gasteiger partial charge in [0.25, 0.3) is 0 Å². The fraction of sp³-hybridized carbons (Fsp3) is 0.714. The van der Waals surface area contributed by atoms with Gasteiger partial charge >= 0.3 is 0 Å². The van der Waals surface area contributed by atoms with Gasteiger partial charge in [-0.2, -0.15) is 5.26 Å². The van der Waals surface area contributed by atoms with Crippen molar-refractivity contribution in [1.82, 2.24) is 5.01 Å². The third-order valence-electron chi connectivity index (χ3n) is 3.78. The number of nitrogens with two attached hydrogens (primary N) is 1. The van der Waals surface area contributed by atoms with Crippen LogP contribution in [0.25, 0.3) is 0 Å². The summed E-state index contributed by atoms with van der Waals surface area (Å²) in [5.74, 6) is 6.03. The average Bonchev–Trinajstić information content (AvgIpc) is 2.25. The van der Waals surface area contributed by atoms with E-state index >= 15 is 0 Å². The minimum Gasteiger partial charge on any atom is -0.293 e. The second-order valence-electron chi connectivity index (χ2n) is 6.41. The fourth-order valence-corrected chi connectivity index (χ4v) is 3.15. The van der Waals surface area contributed by atoms with Crippen LogP contribution in [0.1, 0.15) is 47.5 Å². The predicted molar refractivity (Wildman–Crippen MR) is 71.3 cm³/mol. The Morgan fingerprint density at radius 1 is 1.28 bits per heavy atom. The SMILES string of the molecule is C/C=C/C(=O)C1(C#N)CC(C)(C)N(N)C(C)(C)C1. The van der Waals surface area contributed by atoms with E-state index in [1.54, 1.807) is 18.0 Å². The summed E-state index contributed by atoms with van der Waals surface area (Å²) in [6.45, 7) is 9.69. The second-order valence-corrected chi connectivity index (χ2v) is 6.41. The Kier molecular flexibility index (Phi) is 3.71. The van der Waals surface area contributed by atoms with Crippen molar-refractivity contribution < 1.29 is 4.79 Å². The van der Waals surface area contributed by atoms with Crippen molar-refractivity contribution in [3.8, 4) is 6.07 Å². The van der Waals surface area contributed by atoms with Crippen LogP contribution in [0.3, 0.4) is 0 Å². The molecule has 0 atom stereocenters. The number of rotatable bonds is 2. The molecule has 0 aliphatic carbocycles. The lowest BCUT2D eigenvalue weighted by Crippen LogP contribution is -2.67. The molecule has 0 radical (unpaired) electrons. The zero-order valence-electron chi connectivity index (χ0n) is 11.9. The fourth-order valence-electron chi connectivity index (χ4n) is 3.15. The highest BCUT2D eigenvalue weighted by molar-refractivity contribution is 5.97. The van der Waals surface area contributed by atoms with Crippen LogP contribution in [0.4, 0.5) is 0 Å². The third-order valence-corrected chi connectivity index (χ3v) is 3.78. The van der Waals surface area contributed by atoms with E-state index in [0.29, 0.717) is 12.8 Å². The molecular weight excluding hydrogens is 226 g/mol. The third kappa shape index (κ3) is 2.33. The highest BCUT2D eigenvalue weighted by Gasteiger charge is 2.54. The molecule has 100 valence electrons. The molecule has 4 heteroatoms. The number of allylic oxidation sites excluding steroid dienone is 2. The summed E-state index contributed by atoms with van der Waals surface area (Å²) in [4.78, 5) is 12.3. The Balaban J connectivity index is 3.25. The quantitative estimate of drug-likeness (QED) is 0.601. The summed E-state index contributed by atoms with van der Waals surface area (Å²) in [5, 5.41) is 11.3. The highest BCUT2D eigenvalue weighted by atomic mass is 16.1. The number of carbonyl (C=O) groups is 1. The van der Waals surface area contributed by atoms with E-state index < -0.39 is 5.41 Å². The molecule has 0 unspecified atom stereocenters. The van der Waals surface area contributed by atoms with Gasteiger partial charge in [-0.25, -0.2) is 5.01 Å². The van der Waals surface area contributed by atoms with E-state index in [4.69, 9.17) is 5.84 Å². The Hall–Kier alpha value is -1.18. The van der Waals surface area contributed by atoms with Crippen LogP contribution in [-0.4, -0.2) is 21.9 Å². The number of piperidine rings is 1. The minimum absolute atomic E-state index is 0.109. The van der Waals surface area contributed by atoms with E-state index in [9.17, 15) is 10.1 Å². The monoisotopic (exact) mass is 249 g/mol. The Bertz CT molecular complexity index is 397. The van der Waals surface area contributed by atoms with Gasteiger partial charge in [0, 0.05) is 11.1 Å². The normalized spacial score (nSPS) is 25.8. The summed E-state index contributed by atoms with van der Waals surface area (Å²) >= 11 is 0. The molecule has 1 heterocycles. The van der Waals surface area contributed by atoms with Crippen molar-refractivity contribution in [3.05, 3.63) is 12.2 Å². The zero-order chi connectivity index (χ0) is 14.2. The Morgan fingerprint density at radius 3 is 2.06 bits per heavy atom. The molecule has 1 aliphatic heterocycles. The van der Waals surface area contributed by atoms with Gasteiger partial charge in [-0.3, -0.25) is 10.6 Å². The molecule has 2 N–H and O–H groups in total. The van der Waals surface area contributed by atoms with Crippen molar-refractivity contribution in [2.24, 2.45) is 11.3 Å². The smallest absolute Gasteiger partial charge is 0.175 e. The average molecular weight is 249 g/mol. The maximum absolute atomic E-state index is 12.3. The lowest BCUT2D eigenvalue weighted by Gasteiger charge is -2.54. The molecule has 4 nitrogen and oxygen atoms in total. The summed E-state index contributed by atoms with van der Waals surface area (Å²) in [5.41, 5.74) is -1.72. The molecule has 0 amide bonds. The molecule has 0 aromatic rings. The highest BCUT2D eigenvalue weighted by Crippen LogP contribution is 2.46. The topological polar surface area (TPSA) is 70.1 Å². The molecule has 1 aliphatic rings. The van der Waals surface area contributed by atoms with Gasteiger partial charge in [-0.05, 0) is 53.5 Å². The molecule has 1 rings (SSSR count). The number of carbonyl (C=O) groups excluding carboxylic acids is 1. The van der Waals surface area contributed by atoms with Gasteiger partial charge in [0.05, 0.1) is 6.07 Å². The van der Waals surface area contributed by atoms with Crippen LogP contribution >= 0.6 is 0 Å². The van der Waals surface area contributed by atoms with Crippen molar-refractivity contribution in [3.63, 3.8) is 0 Å². The van der Waals surface area contributed by atoms with Gasteiger partial charge < -0.3 is 0 Å². The molecule has 1 saturated heterocycles. The maximum Gasteiger partial charge on any atom is 0.175 e. The van der Waals surface area contributed by atoms with E-state index in [1.165, 1.54) is 6.08 Å². The van der Waals surface area contributed by atoms with Crippen molar-refractivity contribution in [1.29, 1.82) is 5.26 Å². The minimum atomic E-state index is -0.963. The molecule has 0 aromatic carbocycles. The predicted octanol–water partition coefficient (Wildman–Crippen LogP) is 2.17. The van der Waals surface area contributed by atoms with Gasteiger partial charge in [0.2, 0.25) is 0 Å². The van der Waals surface area contributed by atoms with Crippen LogP contribution in [0.15, 0.2) is 12.2 Å². The second kappa shape index (κ2) is 4.49. The lowest BCUT2D eigenvalue weighted by atomic mass is 9.63. The van der Waals surface area contributed by atoms with Crippen molar-refractivity contribution >= 4 is 5.78 Å². The van der Waals surface area contributed by atoms with Gasteiger partial charge in [-0.15, -0.1) is 0 Å². The van der Waals surface area contributed by atoms with Crippen molar-refractivity contribution in [2.45, 2.75) is 58.5 Å². The molecular formula is C14H23N3O. The van der Waals surface area contributed by atoms with Crippen molar-refractivity contribution in [2.75, 3.05) is 0 Å². The maximum atomic E-state index is 12.3. The van der Waals surface area contributed by atoms with Crippen LogP contribution < -0.4 is 5.84 Å². The van der Waals surface area contributed by atoms with Crippen LogP contribution in [-0.2, 0) is 4.79 Å². The lowest BCUT2D eigenvalue weighted by molar-refractivity contribution is -0.134. The number of hydrogen-bond acceptors (Lipinski definition) is 4. The Morgan fingerprint density at radius 2 is 1.72 bits per heavy atom. The molecule has 0 spiro atoms. The summed E-state index contributed by atoms with van der Waals surface area (Å²) in [7, 11) is 0. The first-order chi connectivity index (χ1) is 8.11. The first-order valence-corrected chi connectivity index (χ1v) is 6.25. The van der Waals surface area contributed by atoms with Crippen LogP contribution in [0, 0.1) is 16.7 Å². The number of hydrogen-bond donors (Lipinski definition) is 1. The first-order valence-electron chi connectivity index (χ1n) is 6.25. The standard InChI is InChI=1S/C14H23N3O/c1-6-7-11(18)14(10-15)8-12(2,3)17(16)13(4,5)9-14/h6-7H,8-9,16H2,1-5H3/b7-6+. The van der Waals surface area contributed by atoms with E-state index in [-0.39, 0.29) is 16.9 Å². The van der Waals surface area contributed by atoms with Gasteiger partial charge in [-0.1, -0.05) is 6.08 Å². The van der Waals surface area contributed by atoms with Gasteiger partial charge in [0.15, 0.2) is 5.78 Å². The van der Waals surface area contributed by atoms with E-state index in [1.807, 2.05) is 27.7 Å². The van der Waals surface area contributed by atoms with Gasteiger partial charge in [0.1, 0.15) is 5.41 Å². The van der Waals surface area contributed by atoms with E-state index in [2.05, 4.69) is 6.07 Å². The van der Waals surface area contributed by atoms with Crippen LogP contribution in [0.5, 0.6) is 0 Å². The summed E-state index contributed by atoms with van der Waals surface area (Å²) in [6.07, 6.45) is 4.11. The molecule has 0 saturated carbocycles. The molecule has 1 fully saturated rings. The van der Waals surface area contributed by atoms with E-state index in [0.717, 1.165) is 0 Å². The largest absolute Gasteiger partial charge is 0.293 e. The molecule has 18 heavy (non-hydrogen) atoms. The molecule has 0 aromatic heterocycles. The number of hydrazine groups is 1. The number of nitriles is 1. The zero-order valence-corrected chi connectivity index (χ0v) is 11.9. The summed E-state index contributed by atoms with van der Waals surface area (Å²) < 4.78 is 0. The van der Waals surface area contributed by atoms with Crippen LogP contribution in [0.2, 0.25) is 0 Å². The molecule has 0 bridgehead atoms. The Labute approximate surface area is 109 Å².